The fraction of sp³-hybridized carbons (Fsp3) is 0.625. The van der Waals surface area contributed by atoms with Crippen molar-refractivity contribution in [3.63, 3.8) is 0 Å². The van der Waals surface area contributed by atoms with Crippen LogP contribution < -0.4 is 0 Å². The Morgan fingerprint density at radius 2 is 2.30 bits per heavy atom. The van der Waals surface area contributed by atoms with Gasteiger partial charge in [0.25, 0.3) is 0 Å². The first-order valence-corrected chi connectivity index (χ1v) is 3.70. The summed E-state index contributed by atoms with van der Waals surface area (Å²) in [4.78, 5) is 12.9. The molecule has 0 unspecified atom stereocenters. The van der Waals surface area contributed by atoms with Crippen LogP contribution in [0.4, 0.5) is 0 Å². The van der Waals surface area contributed by atoms with Crippen LogP contribution in [-0.2, 0) is 4.79 Å². The smallest absolute Gasteiger partial charge is 0.157 e. The van der Waals surface area contributed by atoms with E-state index in [9.17, 15) is 4.79 Å². The first-order chi connectivity index (χ1) is 4.79. The topological polar surface area (TPSA) is 20.3 Å². The van der Waals surface area contributed by atoms with Crippen molar-refractivity contribution in [2.24, 2.45) is 0 Å². The van der Waals surface area contributed by atoms with Gasteiger partial charge in [0, 0.05) is 26.2 Å². The first kappa shape index (κ1) is 7.32. The van der Waals surface area contributed by atoms with Gasteiger partial charge >= 0.3 is 0 Å². The number of allylic oxidation sites excluding steroid dienone is 1. The number of hydrogen-bond donors (Lipinski definition) is 0. The lowest BCUT2D eigenvalue weighted by Crippen LogP contribution is -2.15. The highest BCUT2D eigenvalue weighted by Gasteiger charge is 2.01. The molecule has 56 valence electrons. The Labute approximate surface area is 61.5 Å². The van der Waals surface area contributed by atoms with Crippen LogP contribution in [0.2, 0.25) is 0 Å². The largest absolute Gasteiger partial charge is 0.380 e. The second-order valence-electron chi connectivity index (χ2n) is 2.72. The van der Waals surface area contributed by atoms with Crippen molar-refractivity contribution in [3.05, 3.63) is 12.3 Å². The molecule has 0 atom stereocenters. The molecule has 0 fully saturated rings. The van der Waals surface area contributed by atoms with Crippen molar-refractivity contribution in [1.82, 2.24) is 4.90 Å². The van der Waals surface area contributed by atoms with E-state index in [0.717, 1.165) is 25.8 Å². The van der Waals surface area contributed by atoms with E-state index < -0.39 is 0 Å². The fourth-order valence-corrected chi connectivity index (χ4v) is 1.03. The van der Waals surface area contributed by atoms with Crippen LogP contribution in [0.1, 0.15) is 19.3 Å². The number of hydrogen-bond acceptors (Lipinski definition) is 2. The summed E-state index contributed by atoms with van der Waals surface area (Å²) < 4.78 is 0. The summed E-state index contributed by atoms with van der Waals surface area (Å²) in [6.07, 6.45) is 6.42. The molecular formula is C8H13NO. The summed E-state index contributed by atoms with van der Waals surface area (Å²) in [5.74, 6) is 0.256. The molecule has 0 N–H and O–H groups in total. The number of carbonyl (C=O) groups excluding carboxylic acids is 1. The predicted octanol–water partition coefficient (Wildman–Crippen LogP) is 1.18. The summed E-state index contributed by atoms with van der Waals surface area (Å²) in [5.41, 5.74) is 0. The van der Waals surface area contributed by atoms with Crippen LogP contribution in [0.15, 0.2) is 12.3 Å². The summed E-state index contributed by atoms with van der Waals surface area (Å²) >= 11 is 0. The minimum Gasteiger partial charge on any atom is -0.380 e. The molecule has 0 radical (unpaired) electrons. The highest BCUT2D eigenvalue weighted by molar-refractivity contribution is 5.89. The van der Waals surface area contributed by atoms with Crippen molar-refractivity contribution < 1.29 is 4.79 Å². The minimum absolute atomic E-state index is 0.256. The lowest BCUT2D eigenvalue weighted by Gasteiger charge is -2.14. The van der Waals surface area contributed by atoms with Gasteiger partial charge in [0.15, 0.2) is 5.78 Å². The van der Waals surface area contributed by atoms with Gasteiger partial charge in [0.05, 0.1) is 0 Å². The van der Waals surface area contributed by atoms with E-state index >= 15 is 0 Å². The van der Waals surface area contributed by atoms with Gasteiger partial charge in [0.2, 0.25) is 0 Å². The van der Waals surface area contributed by atoms with Crippen LogP contribution in [0.25, 0.3) is 0 Å². The van der Waals surface area contributed by atoms with Gasteiger partial charge in [-0.05, 0) is 18.9 Å². The lowest BCUT2D eigenvalue weighted by atomic mass is 10.1. The van der Waals surface area contributed by atoms with Gasteiger partial charge in [-0.1, -0.05) is 0 Å². The summed E-state index contributed by atoms with van der Waals surface area (Å²) in [6.45, 7) is 1.07. The molecule has 0 spiro atoms. The third-order valence-electron chi connectivity index (χ3n) is 1.70. The average molecular weight is 139 g/mol. The van der Waals surface area contributed by atoms with E-state index in [2.05, 4.69) is 4.90 Å². The minimum atomic E-state index is 0.256. The number of rotatable bonds is 0. The van der Waals surface area contributed by atoms with Crippen LogP contribution >= 0.6 is 0 Å². The van der Waals surface area contributed by atoms with Crippen LogP contribution in [0, 0.1) is 0 Å². The van der Waals surface area contributed by atoms with Gasteiger partial charge in [0.1, 0.15) is 0 Å². The molecule has 1 aliphatic rings. The molecule has 0 aromatic carbocycles. The Morgan fingerprint density at radius 3 is 3.10 bits per heavy atom. The average Bonchev–Trinajstić information content (AvgIpc) is 1.90. The van der Waals surface area contributed by atoms with E-state index in [1.165, 1.54) is 0 Å². The zero-order valence-electron chi connectivity index (χ0n) is 6.34. The summed E-state index contributed by atoms with van der Waals surface area (Å²) in [6, 6.07) is 0. The Morgan fingerprint density at radius 1 is 1.50 bits per heavy atom. The second kappa shape index (κ2) is 3.40. The molecule has 1 heterocycles. The third-order valence-corrected chi connectivity index (χ3v) is 1.70. The van der Waals surface area contributed by atoms with Crippen molar-refractivity contribution in [2.75, 3.05) is 13.6 Å². The number of ketones is 1. The highest BCUT2D eigenvalue weighted by Crippen LogP contribution is 2.03. The fourth-order valence-electron chi connectivity index (χ4n) is 1.03. The maximum absolute atomic E-state index is 10.9. The van der Waals surface area contributed by atoms with E-state index in [-0.39, 0.29) is 5.78 Å². The van der Waals surface area contributed by atoms with Crippen molar-refractivity contribution >= 4 is 5.78 Å². The molecule has 0 bridgehead atoms. The lowest BCUT2D eigenvalue weighted by molar-refractivity contribution is -0.114. The quantitative estimate of drug-likeness (QED) is 0.502. The van der Waals surface area contributed by atoms with E-state index in [0.29, 0.717) is 0 Å². The number of carbonyl (C=O) groups is 1. The predicted molar refractivity (Wildman–Crippen MR) is 40.6 cm³/mol. The molecule has 0 aromatic heterocycles. The summed E-state index contributed by atoms with van der Waals surface area (Å²) in [5, 5.41) is 0. The Kier molecular flexibility index (Phi) is 2.49. The molecular weight excluding hydrogens is 126 g/mol. The van der Waals surface area contributed by atoms with Gasteiger partial charge in [-0.3, -0.25) is 4.79 Å². The first-order valence-electron chi connectivity index (χ1n) is 3.70. The van der Waals surface area contributed by atoms with Crippen LogP contribution in [-0.4, -0.2) is 24.3 Å². The Hall–Kier alpha value is -0.790. The maximum atomic E-state index is 10.9. The van der Waals surface area contributed by atoms with Crippen molar-refractivity contribution in [2.45, 2.75) is 19.3 Å². The second-order valence-corrected chi connectivity index (χ2v) is 2.72. The van der Waals surface area contributed by atoms with E-state index in [1.807, 2.05) is 13.2 Å². The molecule has 1 aliphatic heterocycles. The standard InChI is InChI=1S/C8H13NO/c1-9-6-3-2-4-8(10)5-7-9/h5,7H,2-4,6H2,1H3. The SMILES string of the molecule is CN1C=CC(=O)CCCC1. The van der Waals surface area contributed by atoms with Gasteiger partial charge < -0.3 is 4.90 Å². The third kappa shape index (κ3) is 2.21. The molecule has 0 aromatic rings. The monoisotopic (exact) mass is 139 g/mol. The molecule has 0 saturated heterocycles. The normalized spacial score (nSPS) is 20.5. The molecule has 2 nitrogen and oxygen atoms in total. The van der Waals surface area contributed by atoms with Crippen molar-refractivity contribution in [3.8, 4) is 0 Å². The molecule has 0 amide bonds. The van der Waals surface area contributed by atoms with E-state index in [1.54, 1.807) is 6.08 Å². The van der Waals surface area contributed by atoms with Gasteiger partial charge in [-0.15, -0.1) is 0 Å². The molecule has 1 rings (SSSR count). The Balaban J connectivity index is 2.50. The summed E-state index contributed by atoms with van der Waals surface area (Å²) in [7, 11) is 2.00. The van der Waals surface area contributed by atoms with Crippen LogP contribution in [0.5, 0.6) is 0 Å². The molecule has 0 aliphatic carbocycles. The van der Waals surface area contributed by atoms with Crippen LogP contribution in [0.3, 0.4) is 0 Å². The van der Waals surface area contributed by atoms with Gasteiger partial charge in [-0.2, -0.15) is 0 Å². The zero-order chi connectivity index (χ0) is 7.40. The molecule has 10 heavy (non-hydrogen) atoms. The van der Waals surface area contributed by atoms with Crippen molar-refractivity contribution in [1.29, 1.82) is 0 Å². The van der Waals surface area contributed by atoms with Gasteiger partial charge in [-0.25, -0.2) is 0 Å². The Bertz CT molecular complexity index is 151. The maximum Gasteiger partial charge on any atom is 0.157 e. The zero-order valence-corrected chi connectivity index (χ0v) is 6.34. The van der Waals surface area contributed by atoms with E-state index in [4.69, 9.17) is 0 Å². The highest BCUT2D eigenvalue weighted by atomic mass is 16.1. The molecule has 0 saturated carbocycles. The number of nitrogens with zero attached hydrogens (tertiary/aromatic N) is 1. The molecule has 2 heteroatoms.